The van der Waals surface area contributed by atoms with Crippen molar-refractivity contribution in [1.82, 2.24) is 14.9 Å². The number of nitrogens with one attached hydrogen (secondary N) is 1. The summed E-state index contributed by atoms with van der Waals surface area (Å²) in [6.07, 6.45) is 3.81. The first-order valence-corrected chi connectivity index (χ1v) is 14.7. The van der Waals surface area contributed by atoms with Gasteiger partial charge in [0.1, 0.15) is 40.3 Å². The molecule has 6 rings (SSSR count). The Bertz CT molecular complexity index is 1810. The maximum Gasteiger partial charge on any atom is 0.336 e. The molecule has 0 amide bonds. The SMILES string of the molecule is COC(=O)C1=C(C)NC2=C(C(=O)[C@@]3(Oc4c(Cl)c(OC)cc(OC)c4C3=O)[C@H](C)C2)C1c1ccc(OCc2nccn2C)cc1. The van der Waals surface area contributed by atoms with Crippen molar-refractivity contribution in [2.45, 2.75) is 38.4 Å². The molecule has 2 aliphatic heterocycles. The molecule has 1 N–H and O–H groups in total. The summed E-state index contributed by atoms with van der Waals surface area (Å²) in [5.41, 5.74) is 0.398. The van der Waals surface area contributed by atoms with Crippen molar-refractivity contribution in [1.29, 1.82) is 0 Å². The highest BCUT2D eigenvalue weighted by molar-refractivity contribution is 6.36. The van der Waals surface area contributed by atoms with Crippen LogP contribution in [-0.2, 0) is 28.0 Å². The number of nitrogens with zero attached hydrogens (tertiary/aromatic N) is 2. The van der Waals surface area contributed by atoms with Crippen molar-refractivity contribution in [3.8, 4) is 23.0 Å². The van der Waals surface area contributed by atoms with E-state index in [-0.39, 0.29) is 52.0 Å². The number of allylic oxidation sites excluding steroid dienone is 2. The highest BCUT2D eigenvalue weighted by Gasteiger charge is 2.63. The fourth-order valence-electron chi connectivity index (χ4n) is 6.43. The van der Waals surface area contributed by atoms with Crippen LogP contribution in [0.15, 0.2) is 65.3 Å². The van der Waals surface area contributed by atoms with Crippen LogP contribution in [0.1, 0.15) is 47.9 Å². The van der Waals surface area contributed by atoms with Crippen LogP contribution in [0, 0.1) is 5.92 Å². The molecule has 1 aliphatic carbocycles. The minimum absolute atomic E-state index is 0.0246. The second kappa shape index (κ2) is 11.3. The molecule has 12 heteroatoms. The van der Waals surface area contributed by atoms with Crippen molar-refractivity contribution >= 4 is 29.1 Å². The third-order valence-corrected chi connectivity index (χ3v) is 9.12. The van der Waals surface area contributed by atoms with E-state index in [1.807, 2.05) is 17.8 Å². The van der Waals surface area contributed by atoms with Crippen LogP contribution < -0.4 is 24.3 Å². The predicted octanol–water partition coefficient (Wildman–Crippen LogP) is 4.68. The van der Waals surface area contributed by atoms with Gasteiger partial charge < -0.3 is 33.6 Å². The fourth-order valence-corrected chi connectivity index (χ4v) is 6.69. The third kappa shape index (κ3) is 4.56. The van der Waals surface area contributed by atoms with E-state index in [9.17, 15) is 14.4 Å². The van der Waals surface area contributed by atoms with Crippen LogP contribution in [-0.4, -0.2) is 54.0 Å². The van der Waals surface area contributed by atoms with Gasteiger partial charge in [0.15, 0.2) is 5.75 Å². The van der Waals surface area contributed by atoms with Crippen LogP contribution in [0.25, 0.3) is 0 Å². The number of dihydropyridines is 1. The maximum absolute atomic E-state index is 14.9. The summed E-state index contributed by atoms with van der Waals surface area (Å²) in [5, 5.41) is 3.32. The number of carbonyl (C=O) groups is 3. The van der Waals surface area contributed by atoms with Gasteiger partial charge >= 0.3 is 5.97 Å². The first-order valence-electron chi connectivity index (χ1n) is 14.3. The second-order valence-corrected chi connectivity index (χ2v) is 11.6. The van der Waals surface area contributed by atoms with Crippen molar-refractivity contribution in [2.75, 3.05) is 21.3 Å². The van der Waals surface area contributed by atoms with E-state index in [4.69, 9.17) is 35.3 Å². The Morgan fingerprint density at radius 2 is 1.84 bits per heavy atom. The van der Waals surface area contributed by atoms with E-state index < -0.39 is 35.0 Å². The molecule has 3 heterocycles. The number of benzene rings is 2. The highest BCUT2D eigenvalue weighted by atomic mass is 35.5. The Morgan fingerprint density at radius 3 is 2.47 bits per heavy atom. The zero-order valence-corrected chi connectivity index (χ0v) is 26.4. The number of carbonyl (C=O) groups excluding carboxylic acids is 3. The van der Waals surface area contributed by atoms with Crippen LogP contribution in [0.4, 0.5) is 0 Å². The summed E-state index contributed by atoms with van der Waals surface area (Å²) in [7, 11) is 6.01. The summed E-state index contributed by atoms with van der Waals surface area (Å²) in [6, 6.07) is 8.60. The number of esters is 1. The van der Waals surface area contributed by atoms with Gasteiger partial charge in [0.2, 0.25) is 17.2 Å². The van der Waals surface area contributed by atoms with Gasteiger partial charge in [-0.3, -0.25) is 9.59 Å². The molecule has 234 valence electrons. The van der Waals surface area contributed by atoms with Crippen LogP contribution in [0.2, 0.25) is 5.02 Å². The molecular weight excluding hydrogens is 602 g/mol. The summed E-state index contributed by atoms with van der Waals surface area (Å²) < 4.78 is 30.2. The highest BCUT2D eigenvalue weighted by Crippen LogP contribution is 2.56. The minimum Gasteiger partial charge on any atom is -0.496 e. The van der Waals surface area contributed by atoms with Crippen LogP contribution in [0.5, 0.6) is 23.0 Å². The topological polar surface area (TPSA) is 127 Å². The fraction of sp³-hybridized carbons (Fsp3) is 0.333. The number of aryl methyl sites for hydroxylation is 1. The number of ether oxygens (including phenoxy) is 5. The zero-order chi connectivity index (χ0) is 32.2. The average molecular weight is 634 g/mol. The zero-order valence-electron chi connectivity index (χ0n) is 25.6. The average Bonchev–Trinajstić information content (AvgIpc) is 3.59. The van der Waals surface area contributed by atoms with Gasteiger partial charge in [-0.05, 0) is 31.0 Å². The standard InChI is InChI=1S/C33H32ClN3O8/c1-16-13-20-26(30(38)33(16)31(39)27-21(41-4)14-22(42-5)28(34)29(27)45-33)25(24(17(2)36-20)32(40)43-6)18-7-9-19(10-8-18)44-15-23-35-11-12-37(23)3/h7-12,14,16,25,36H,13,15H2,1-6H3/t16-,25?,33+/m1/s1. The lowest BCUT2D eigenvalue weighted by Gasteiger charge is -2.42. The van der Waals surface area contributed by atoms with E-state index in [1.54, 1.807) is 44.3 Å². The Kier molecular flexibility index (Phi) is 7.60. The van der Waals surface area contributed by atoms with Crippen LogP contribution >= 0.6 is 11.6 Å². The third-order valence-electron chi connectivity index (χ3n) is 8.76. The monoisotopic (exact) mass is 633 g/mol. The van der Waals surface area contributed by atoms with Crippen molar-refractivity contribution < 1.29 is 38.1 Å². The van der Waals surface area contributed by atoms with Gasteiger partial charge in [0.05, 0.1) is 26.9 Å². The molecule has 0 bridgehead atoms. The minimum atomic E-state index is -1.94. The molecule has 3 aliphatic rings. The number of rotatable bonds is 7. The number of hydrogen-bond donors (Lipinski definition) is 1. The summed E-state index contributed by atoms with van der Waals surface area (Å²) >= 11 is 6.61. The Morgan fingerprint density at radius 1 is 1.13 bits per heavy atom. The maximum atomic E-state index is 14.9. The summed E-state index contributed by atoms with van der Waals surface area (Å²) in [6.45, 7) is 3.80. The normalized spacial score (nSPS) is 22.1. The van der Waals surface area contributed by atoms with E-state index in [1.165, 1.54) is 27.4 Å². The van der Waals surface area contributed by atoms with E-state index >= 15 is 0 Å². The molecule has 0 saturated heterocycles. The molecule has 0 fully saturated rings. The Hall–Kier alpha value is -4.77. The van der Waals surface area contributed by atoms with Gasteiger partial charge in [-0.2, -0.15) is 0 Å². The molecule has 1 unspecified atom stereocenters. The molecule has 3 atom stereocenters. The number of ketones is 2. The largest absolute Gasteiger partial charge is 0.496 e. The number of Topliss-reactive ketones (excluding diaryl/α,β-unsaturated/α-hetero) is 2. The number of imidazole rings is 1. The summed E-state index contributed by atoms with van der Waals surface area (Å²) in [4.78, 5) is 46.7. The number of methoxy groups -OCH3 is 3. The summed E-state index contributed by atoms with van der Waals surface area (Å²) in [5.74, 6) is -1.44. The molecular formula is C33H32ClN3O8. The number of aromatic nitrogens is 2. The number of halogens is 1. The van der Waals surface area contributed by atoms with Crippen molar-refractivity contribution in [3.63, 3.8) is 0 Å². The van der Waals surface area contributed by atoms with E-state index in [0.717, 1.165) is 5.82 Å². The van der Waals surface area contributed by atoms with Gasteiger partial charge in [-0.1, -0.05) is 30.7 Å². The molecule has 0 radical (unpaired) electrons. The number of fused-ring (bicyclic) bond motifs is 1. The van der Waals surface area contributed by atoms with Crippen molar-refractivity contribution in [3.05, 3.63) is 87.2 Å². The van der Waals surface area contributed by atoms with Gasteiger partial charge in [-0.15, -0.1) is 0 Å². The number of hydrogen-bond acceptors (Lipinski definition) is 10. The van der Waals surface area contributed by atoms with Gasteiger partial charge in [0.25, 0.3) is 0 Å². The van der Waals surface area contributed by atoms with Crippen LogP contribution in [0.3, 0.4) is 0 Å². The lowest BCUT2D eigenvalue weighted by Crippen LogP contribution is -2.58. The second-order valence-electron chi connectivity index (χ2n) is 11.2. The lowest BCUT2D eigenvalue weighted by molar-refractivity contribution is -0.136. The van der Waals surface area contributed by atoms with Crippen molar-refractivity contribution in [2.24, 2.45) is 13.0 Å². The Labute approximate surface area is 264 Å². The quantitative estimate of drug-likeness (QED) is 0.289. The van der Waals surface area contributed by atoms with E-state index in [2.05, 4.69) is 10.3 Å². The molecule has 45 heavy (non-hydrogen) atoms. The molecule has 3 aromatic rings. The molecule has 1 aromatic heterocycles. The lowest BCUT2D eigenvalue weighted by atomic mass is 9.65. The molecule has 1 spiro atoms. The first kappa shape index (κ1) is 30.3. The smallest absolute Gasteiger partial charge is 0.336 e. The molecule has 0 saturated carbocycles. The Balaban J connectivity index is 1.43. The molecule has 2 aromatic carbocycles. The van der Waals surface area contributed by atoms with Gasteiger partial charge in [-0.25, -0.2) is 9.78 Å². The predicted molar refractivity (Wildman–Crippen MR) is 163 cm³/mol. The first-order chi connectivity index (χ1) is 21.6. The van der Waals surface area contributed by atoms with Gasteiger partial charge in [0, 0.05) is 54.3 Å². The van der Waals surface area contributed by atoms with E-state index in [0.29, 0.717) is 22.7 Å². The molecule has 11 nitrogen and oxygen atoms in total.